The second kappa shape index (κ2) is 5.25. The predicted molar refractivity (Wildman–Crippen MR) is 81.8 cm³/mol. The molecule has 2 aromatic rings. The molecular formula is C15H16FN3S. The highest BCUT2D eigenvalue weighted by Crippen LogP contribution is 2.35. The molecule has 1 aliphatic rings. The number of anilines is 1. The molecular weight excluding hydrogens is 273 g/mol. The molecule has 1 aliphatic heterocycles. The Hall–Kier alpha value is -1.88. The Bertz CT molecular complexity index is 650. The van der Waals surface area contributed by atoms with Gasteiger partial charge in [-0.3, -0.25) is 9.89 Å². The van der Waals surface area contributed by atoms with E-state index in [4.69, 9.17) is 5.73 Å². The van der Waals surface area contributed by atoms with Gasteiger partial charge in [-0.1, -0.05) is 19.1 Å². The Balaban J connectivity index is 1.98. The third-order valence-electron chi connectivity index (χ3n) is 3.46. The van der Waals surface area contributed by atoms with Gasteiger partial charge in [-0.25, -0.2) is 4.39 Å². The van der Waals surface area contributed by atoms with Crippen molar-refractivity contribution >= 4 is 23.0 Å². The number of para-hydroxylation sites is 1. The van der Waals surface area contributed by atoms with Crippen LogP contribution in [-0.2, 0) is 6.42 Å². The maximum Gasteiger partial charge on any atom is 0.196 e. The van der Waals surface area contributed by atoms with Crippen LogP contribution in [0.25, 0.3) is 0 Å². The lowest BCUT2D eigenvalue weighted by molar-refractivity contribution is 0.620. The van der Waals surface area contributed by atoms with Gasteiger partial charge in [-0.2, -0.15) is 0 Å². The highest BCUT2D eigenvalue weighted by Gasteiger charge is 2.31. The molecule has 1 aromatic heterocycles. The van der Waals surface area contributed by atoms with Crippen LogP contribution in [0.5, 0.6) is 0 Å². The van der Waals surface area contributed by atoms with Crippen molar-refractivity contribution in [1.29, 1.82) is 0 Å². The van der Waals surface area contributed by atoms with Gasteiger partial charge in [0, 0.05) is 9.75 Å². The first-order valence-electron chi connectivity index (χ1n) is 6.63. The summed E-state index contributed by atoms with van der Waals surface area (Å²) in [4.78, 5) is 8.57. The molecule has 3 nitrogen and oxygen atoms in total. The fourth-order valence-electron chi connectivity index (χ4n) is 2.42. The molecule has 0 bridgehead atoms. The fourth-order valence-corrected chi connectivity index (χ4v) is 3.45. The van der Waals surface area contributed by atoms with E-state index in [1.165, 1.54) is 15.8 Å². The van der Waals surface area contributed by atoms with Crippen LogP contribution < -0.4 is 10.6 Å². The van der Waals surface area contributed by atoms with Gasteiger partial charge in [-0.15, -0.1) is 11.3 Å². The van der Waals surface area contributed by atoms with E-state index in [1.54, 1.807) is 28.4 Å². The van der Waals surface area contributed by atoms with Gasteiger partial charge in [0.1, 0.15) is 5.82 Å². The molecule has 2 N–H and O–H groups in total. The minimum Gasteiger partial charge on any atom is -0.369 e. The number of aliphatic imine (C=N–C) groups is 1. The van der Waals surface area contributed by atoms with Crippen molar-refractivity contribution in [2.24, 2.45) is 10.7 Å². The third kappa shape index (κ3) is 2.18. The van der Waals surface area contributed by atoms with Crippen LogP contribution >= 0.6 is 11.3 Å². The van der Waals surface area contributed by atoms with E-state index in [2.05, 4.69) is 24.0 Å². The summed E-state index contributed by atoms with van der Waals surface area (Å²) in [5, 5.41) is 0. The number of nitrogens with zero attached hydrogens (tertiary/aromatic N) is 2. The molecule has 0 fully saturated rings. The van der Waals surface area contributed by atoms with Gasteiger partial charge in [0.2, 0.25) is 0 Å². The summed E-state index contributed by atoms with van der Waals surface area (Å²) < 4.78 is 14.0. The Labute approximate surface area is 121 Å². The molecule has 20 heavy (non-hydrogen) atoms. The quantitative estimate of drug-likeness (QED) is 0.941. The average molecular weight is 289 g/mol. The molecule has 0 amide bonds. The van der Waals surface area contributed by atoms with Crippen LogP contribution in [0.15, 0.2) is 41.4 Å². The Kier molecular flexibility index (Phi) is 3.44. The minimum absolute atomic E-state index is 0.00259. The van der Waals surface area contributed by atoms with E-state index in [1.807, 2.05) is 6.07 Å². The monoisotopic (exact) mass is 289 g/mol. The predicted octanol–water partition coefficient (Wildman–Crippen LogP) is 3.33. The zero-order valence-corrected chi connectivity index (χ0v) is 12.0. The molecule has 104 valence electrons. The van der Waals surface area contributed by atoms with Crippen LogP contribution in [0, 0.1) is 5.82 Å². The van der Waals surface area contributed by atoms with Crippen molar-refractivity contribution in [3.63, 3.8) is 0 Å². The van der Waals surface area contributed by atoms with Crippen LogP contribution in [-0.4, -0.2) is 12.5 Å². The van der Waals surface area contributed by atoms with Gasteiger partial charge >= 0.3 is 0 Å². The Morgan fingerprint density at radius 2 is 2.15 bits per heavy atom. The van der Waals surface area contributed by atoms with Crippen LogP contribution in [0.4, 0.5) is 10.1 Å². The second-order valence-corrected chi connectivity index (χ2v) is 5.89. The molecule has 0 saturated carbocycles. The van der Waals surface area contributed by atoms with Crippen LogP contribution in [0.3, 0.4) is 0 Å². The number of aryl methyl sites for hydroxylation is 1. The number of nitrogens with two attached hydrogens (primary N) is 1. The molecule has 0 radical (unpaired) electrons. The standard InChI is InChI=1S/C15H16FN3S/c1-2-10-7-8-14(20-10)13-9-18-15(17)19(13)12-6-4-3-5-11(12)16/h3-8,13H,2,9H2,1H3,(H2,17,18). The maximum atomic E-state index is 14.0. The number of hydrogen-bond acceptors (Lipinski definition) is 4. The van der Waals surface area contributed by atoms with Gasteiger partial charge in [0.25, 0.3) is 0 Å². The molecule has 3 rings (SSSR count). The number of halogens is 1. The summed E-state index contributed by atoms with van der Waals surface area (Å²) in [6.07, 6.45) is 1.01. The smallest absolute Gasteiger partial charge is 0.196 e. The van der Waals surface area contributed by atoms with Crippen molar-refractivity contribution in [2.45, 2.75) is 19.4 Å². The number of benzene rings is 1. The third-order valence-corrected chi connectivity index (χ3v) is 4.79. The number of guanidine groups is 1. The molecule has 1 unspecified atom stereocenters. The first kappa shape index (κ1) is 13.1. The second-order valence-electron chi connectivity index (χ2n) is 4.69. The molecule has 0 aliphatic carbocycles. The van der Waals surface area contributed by atoms with Crippen molar-refractivity contribution in [2.75, 3.05) is 11.4 Å². The van der Waals surface area contributed by atoms with Crippen molar-refractivity contribution in [3.05, 3.63) is 52.0 Å². The van der Waals surface area contributed by atoms with Crippen molar-refractivity contribution in [1.82, 2.24) is 0 Å². The molecule has 0 spiro atoms. The first-order valence-corrected chi connectivity index (χ1v) is 7.44. The maximum absolute atomic E-state index is 14.0. The number of thiophene rings is 1. The van der Waals surface area contributed by atoms with E-state index in [0.29, 0.717) is 18.2 Å². The van der Waals surface area contributed by atoms with E-state index < -0.39 is 0 Å². The zero-order chi connectivity index (χ0) is 14.1. The van der Waals surface area contributed by atoms with Crippen LogP contribution in [0.1, 0.15) is 22.7 Å². The zero-order valence-electron chi connectivity index (χ0n) is 11.2. The molecule has 1 aromatic carbocycles. The summed E-state index contributed by atoms with van der Waals surface area (Å²) in [5.74, 6) is 0.108. The lowest BCUT2D eigenvalue weighted by Gasteiger charge is -2.25. The van der Waals surface area contributed by atoms with Gasteiger partial charge in [0.05, 0.1) is 18.3 Å². The van der Waals surface area contributed by atoms with E-state index in [-0.39, 0.29) is 11.9 Å². The topological polar surface area (TPSA) is 41.6 Å². The van der Waals surface area contributed by atoms with E-state index >= 15 is 0 Å². The van der Waals surface area contributed by atoms with Gasteiger partial charge in [-0.05, 0) is 30.7 Å². The summed E-state index contributed by atoms with van der Waals surface area (Å²) in [7, 11) is 0. The lowest BCUT2D eigenvalue weighted by Crippen LogP contribution is -2.36. The summed E-state index contributed by atoms with van der Waals surface area (Å²) in [6, 6.07) is 10.9. The molecule has 1 atom stereocenters. The van der Waals surface area contributed by atoms with Crippen LogP contribution in [0.2, 0.25) is 0 Å². The molecule has 2 heterocycles. The number of rotatable bonds is 3. The largest absolute Gasteiger partial charge is 0.369 e. The molecule has 0 saturated heterocycles. The summed E-state index contributed by atoms with van der Waals surface area (Å²) in [6.45, 7) is 2.70. The van der Waals surface area contributed by atoms with E-state index in [9.17, 15) is 4.39 Å². The van der Waals surface area contributed by atoms with E-state index in [0.717, 1.165) is 6.42 Å². The van der Waals surface area contributed by atoms with Gasteiger partial charge < -0.3 is 5.73 Å². The van der Waals surface area contributed by atoms with Crippen molar-refractivity contribution < 1.29 is 4.39 Å². The first-order chi connectivity index (χ1) is 9.70. The molecule has 5 heteroatoms. The highest BCUT2D eigenvalue weighted by atomic mass is 32.1. The van der Waals surface area contributed by atoms with Gasteiger partial charge in [0.15, 0.2) is 5.96 Å². The normalized spacial score (nSPS) is 18.4. The summed E-state index contributed by atoms with van der Waals surface area (Å²) >= 11 is 1.74. The SMILES string of the molecule is CCc1ccc(C2CN=C(N)N2c2ccccc2F)s1. The fraction of sp³-hybridized carbons (Fsp3) is 0.267. The Morgan fingerprint density at radius 1 is 1.35 bits per heavy atom. The lowest BCUT2D eigenvalue weighted by atomic mass is 10.2. The summed E-state index contributed by atoms with van der Waals surface area (Å²) in [5.41, 5.74) is 6.45. The minimum atomic E-state index is -0.273. The number of hydrogen-bond donors (Lipinski definition) is 1. The van der Waals surface area contributed by atoms with Crippen molar-refractivity contribution in [3.8, 4) is 0 Å². The Morgan fingerprint density at radius 3 is 2.85 bits per heavy atom. The average Bonchev–Trinajstić information content (AvgIpc) is 3.06. The highest BCUT2D eigenvalue weighted by molar-refractivity contribution is 7.12.